The van der Waals surface area contributed by atoms with Crippen molar-refractivity contribution in [2.75, 3.05) is 18.0 Å². The van der Waals surface area contributed by atoms with Gasteiger partial charge in [0.05, 0.1) is 11.3 Å². The largest absolute Gasteiger partial charge is 0.418 e. The summed E-state index contributed by atoms with van der Waals surface area (Å²) >= 11 is 0. The summed E-state index contributed by atoms with van der Waals surface area (Å²) in [5.41, 5.74) is -1.43. The van der Waals surface area contributed by atoms with Crippen LogP contribution in [0.5, 0.6) is 0 Å². The second-order valence-corrected chi connectivity index (χ2v) is 8.53. The Morgan fingerprint density at radius 2 is 1.77 bits per heavy atom. The molecule has 3 aromatic rings. The molecule has 10 heteroatoms. The highest BCUT2D eigenvalue weighted by Gasteiger charge is 2.34. The number of para-hydroxylation sites is 1. The summed E-state index contributed by atoms with van der Waals surface area (Å²) in [6.07, 6.45) is 1.75. The lowest BCUT2D eigenvalue weighted by molar-refractivity contribution is -0.137. The number of hydrogen-bond acceptors (Lipinski definition) is 5. The van der Waals surface area contributed by atoms with Gasteiger partial charge in [-0.2, -0.15) is 18.3 Å². The summed E-state index contributed by atoms with van der Waals surface area (Å²) in [4.78, 5) is 31.9. The molecular weight excluding hydrogens is 459 g/mol. The Bertz CT molecular complexity index is 1250. The van der Waals surface area contributed by atoms with Crippen LogP contribution in [0.3, 0.4) is 0 Å². The first-order chi connectivity index (χ1) is 16.7. The molecule has 184 valence electrons. The van der Waals surface area contributed by atoms with Crippen LogP contribution in [0.15, 0.2) is 53.5 Å². The van der Waals surface area contributed by atoms with Gasteiger partial charge in [0.1, 0.15) is 5.82 Å². The highest BCUT2D eigenvalue weighted by Crippen LogP contribution is 2.33. The summed E-state index contributed by atoms with van der Waals surface area (Å²) in [7, 11) is 0. The summed E-state index contributed by atoms with van der Waals surface area (Å²) in [5.74, 6) is 0.109. The number of rotatable bonds is 5. The van der Waals surface area contributed by atoms with Crippen LogP contribution in [0.1, 0.15) is 53.0 Å². The topological polar surface area (TPSA) is 80.1 Å². The lowest BCUT2D eigenvalue weighted by Crippen LogP contribution is -2.32. The molecule has 1 aromatic carbocycles. The number of benzene rings is 1. The van der Waals surface area contributed by atoms with E-state index in [4.69, 9.17) is 0 Å². The van der Waals surface area contributed by atoms with Crippen molar-refractivity contribution in [3.8, 4) is 5.69 Å². The number of carbonyl (C=O) groups excluding carboxylic acids is 1. The van der Waals surface area contributed by atoms with Crippen molar-refractivity contribution < 1.29 is 18.0 Å². The zero-order chi connectivity index (χ0) is 25.0. The second-order valence-electron chi connectivity index (χ2n) is 8.53. The van der Waals surface area contributed by atoms with E-state index in [0.717, 1.165) is 54.1 Å². The maximum absolute atomic E-state index is 13.5. The van der Waals surface area contributed by atoms with E-state index in [9.17, 15) is 22.8 Å². The Labute approximate surface area is 200 Å². The van der Waals surface area contributed by atoms with Crippen LogP contribution >= 0.6 is 0 Å². The highest BCUT2D eigenvalue weighted by atomic mass is 19.4. The molecule has 0 radical (unpaired) electrons. The van der Waals surface area contributed by atoms with Gasteiger partial charge in [-0.15, -0.1) is 0 Å². The third-order valence-corrected chi connectivity index (χ3v) is 5.95. The second kappa shape index (κ2) is 10.3. The van der Waals surface area contributed by atoms with Crippen LogP contribution in [0.25, 0.3) is 5.69 Å². The van der Waals surface area contributed by atoms with Gasteiger partial charge in [0, 0.05) is 37.6 Å². The summed E-state index contributed by atoms with van der Waals surface area (Å²) in [6, 6.07) is 9.73. The Balaban J connectivity index is 1.51. The van der Waals surface area contributed by atoms with Gasteiger partial charge in [-0.25, -0.2) is 9.67 Å². The van der Waals surface area contributed by atoms with Crippen LogP contribution in [-0.4, -0.2) is 33.8 Å². The van der Waals surface area contributed by atoms with Gasteiger partial charge in [-0.1, -0.05) is 31.0 Å². The molecule has 1 saturated heterocycles. The van der Waals surface area contributed by atoms with Crippen LogP contribution in [0.4, 0.5) is 19.0 Å². The molecule has 1 fully saturated rings. The van der Waals surface area contributed by atoms with Gasteiger partial charge in [0.15, 0.2) is 5.69 Å². The van der Waals surface area contributed by atoms with E-state index in [1.54, 1.807) is 6.20 Å². The lowest BCUT2D eigenvalue weighted by Gasteiger charge is -2.21. The van der Waals surface area contributed by atoms with Crippen molar-refractivity contribution in [3.05, 3.63) is 81.4 Å². The van der Waals surface area contributed by atoms with E-state index in [0.29, 0.717) is 0 Å². The van der Waals surface area contributed by atoms with Crippen molar-refractivity contribution in [1.29, 1.82) is 0 Å². The number of carbonyl (C=O) groups is 1. The minimum Gasteiger partial charge on any atom is -0.357 e. The molecular formula is C25H26F3N5O2. The molecule has 1 aliphatic rings. The van der Waals surface area contributed by atoms with E-state index in [1.165, 1.54) is 38.0 Å². The molecule has 1 aliphatic heterocycles. The Kier molecular flexibility index (Phi) is 7.18. The van der Waals surface area contributed by atoms with Crippen molar-refractivity contribution in [3.63, 3.8) is 0 Å². The Hall–Kier alpha value is -3.69. The molecule has 1 amide bonds. The fourth-order valence-electron chi connectivity index (χ4n) is 4.12. The normalized spacial score (nSPS) is 14.5. The Morgan fingerprint density at radius 1 is 1.06 bits per heavy atom. The monoisotopic (exact) mass is 485 g/mol. The third-order valence-electron chi connectivity index (χ3n) is 5.95. The van der Waals surface area contributed by atoms with Gasteiger partial charge < -0.3 is 10.2 Å². The molecule has 3 heterocycles. The van der Waals surface area contributed by atoms with E-state index in [2.05, 4.69) is 20.3 Å². The van der Waals surface area contributed by atoms with E-state index >= 15 is 0 Å². The van der Waals surface area contributed by atoms with E-state index < -0.39 is 28.8 Å². The zero-order valence-corrected chi connectivity index (χ0v) is 19.3. The molecule has 0 bridgehead atoms. The van der Waals surface area contributed by atoms with Gasteiger partial charge in [-0.3, -0.25) is 9.59 Å². The van der Waals surface area contributed by atoms with Crippen molar-refractivity contribution in [2.24, 2.45) is 0 Å². The first kappa shape index (κ1) is 24.4. The highest BCUT2D eigenvalue weighted by molar-refractivity contribution is 5.92. The lowest BCUT2D eigenvalue weighted by atomic mass is 10.1. The van der Waals surface area contributed by atoms with Crippen LogP contribution in [0, 0.1) is 6.92 Å². The molecule has 0 saturated carbocycles. The van der Waals surface area contributed by atoms with Gasteiger partial charge >= 0.3 is 6.18 Å². The molecule has 35 heavy (non-hydrogen) atoms. The van der Waals surface area contributed by atoms with Crippen molar-refractivity contribution in [2.45, 2.75) is 45.3 Å². The van der Waals surface area contributed by atoms with Gasteiger partial charge in [-0.05, 0) is 43.5 Å². The standard InChI is InChI=1S/C25H26F3N5O2/c1-17-14-21(34)23(31-33(17)20-9-5-4-8-19(20)25(26,27)28)24(35)30-16-18-10-11-22(29-15-18)32-12-6-2-3-7-13-32/h4-5,8-11,14-15H,2-3,6-7,12-13,16H2,1H3,(H,30,35). The summed E-state index contributed by atoms with van der Waals surface area (Å²) in [6.45, 7) is 3.48. The summed E-state index contributed by atoms with van der Waals surface area (Å²) in [5, 5.41) is 6.60. The number of aromatic nitrogens is 3. The number of nitrogens with zero attached hydrogens (tertiary/aromatic N) is 4. The SMILES string of the molecule is Cc1cc(=O)c(C(=O)NCc2ccc(N3CCCCCC3)nc2)nn1-c1ccccc1C(F)(F)F. The minimum absolute atomic E-state index is 0.0975. The zero-order valence-electron chi connectivity index (χ0n) is 19.3. The fourth-order valence-corrected chi connectivity index (χ4v) is 4.12. The number of nitrogens with one attached hydrogen (secondary N) is 1. The fraction of sp³-hybridized carbons (Fsp3) is 0.360. The maximum atomic E-state index is 13.5. The Morgan fingerprint density at radius 3 is 2.43 bits per heavy atom. The van der Waals surface area contributed by atoms with Crippen molar-refractivity contribution >= 4 is 11.7 Å². The van der Waals surface area contributed by atoms with Crippen molar-refractivity contribution in [1.82, 2.24) is 20.1 Å². The van der Waals surface area contributed by atoms with E-state index in [-0.39, 0.29) is 17.9 Å². The number of anilines is 1. The van der Waals surface area contributed by atoms with Gasteiger partial charge in [0.2, 0.25) is 5.43 Å². The maximum Gasteiger partial charge on any atom is 0.418 e. The number of hydrogen-bond donors (Lipinski definition) is 1. The molecule has 0 spiro atoms. The molecule has 0 unspecified atom stereocenters. The predicted molar refractivity (Wildman–Crippen MR) is 126 cm³/mol. The van der Waals surface area contributed by atoms with Crippen LogP contribution in [0.2, 0.25) is 0 Å². The van der Waals surface area contributed by atoms with E-state index in [1.807, 2.05) is 12.1 Å². The molecule has 2 aromatic heterocycles. The molecule has 0 atom stereocenters. The molecule has 1 N–H and O–H groups in total. The average Bonchev–Trinajstić information content (AvgIpc) is 3.12. The minimum atomic E-state index is -4.62. The third kappa shape index (κ3) is 5.70. The number of pyridine rings is 1. The molecule has 7 nitrogen and oxygen atoms in total. The molecule has 0 aliphatic carbocycles. The van der Waals surface area contributed by atoms with Crippen LogP contribution in [-0.2, 0) is 12.7 Å². The summed E-state index contributed by atoms with van der Waals surface area (Å²) < 4.78 is 41.4. The quantitative estimate of drug-likeness (QED) is 0.584. The number of halogens is 3. The molecule has 4 rings (SSSR count). The van der Waals surface area contributed by atoms with Crippen LogP contribution < -0.4 is 15.6 Å². The predicted octanol–water partition coefficient (Wildman–Crippen LogP) is 4.27. The first-order valence-corrected chi connectivity index (χ1v) is 11.5. The van der Waals surface area contributed by atoms with Gasteiger partial charge in [0.25, 0.3) is 5.91 Å². The smallest absolute Gasteiger partial charge is 0.357 e. The number of aryl methyl sites for hydroxylation is 1. The average molecular weight is 486 g/mol. The number of amides is 1. The number of alkyl halides is 3. The first-order valence-electron chi connectivity index (χ1n) is 11.5.